The predicted molar refractivity (Wildman–Crippen MR) is 64.1 cm³/mol. The fraction of sp³-hybridized carbons (Fsp3) is 0.636. The summed E-state index contributed by atoms with van der Waals surface area (Å²) < 4.78 is 1.66. The van der Waals surface area contributed by atoms with E-state index in [1.165, 1.54) is 0 Å². The van der Waals surface area contributed by atoms with E-state index in [-0.39, 0.29) is 5.41 Å². The predicted octanol–water partition coefficient (Wildman–Crippen LogP) is 2.02. The number of hydrogen-bond donors (Lipinski definition) is 1. The van der Waals surface area contributed by atoms with Gasteiger partial charge in [0.05, 0.1) is 17.2 Å². The van der Waals surface area contributed by atoms with Crippen LogP contribution in [0.2, 0.25) is 5.15 Å². The first-order chi connectivity index (χ1) is 7.37. The monoisotopic (exact) mass is 240 g/mol. The lowest BCUT2D eigenvalue weighted by Gasteiger charge is -2.15. The molecule has 16 heavy (non-hydrogen) atoms. The summed E-state index contributed by atoms with van der Waals surface area (Å²) in [6, 6.07) is 2.25. The SMILES string of the molecule is Cc1nn(C)c(Cl)c1CNCC(C)(C)C#N. The van der Waals surface area contributed by atoms with Gasteiger partial charge in [0.1, 0.15) is 5.15 Å². The molecule has 0 atom stereocenters. The van der Waals surface area contributed by atoms with Gasteiger partial charge in [-0.2, -0.15) is 10.4 Å². The number of nitriles is 1. The Kier molecular flexibility index (Phi) is 3.95. The first kappa shape index (κ1) is 13.0. The summed E-state index contributed by atoms with van der Waals surface area (Å²) in [5, 5.41) is 17.0. The third-order valence-corrected chi connectivity index (χ3v) is 2.91. The Morgan fingerprint density at radius 1 is 1.56 bits per heavy atom. The molecule has 5 heteroatoms. The average Bonchev–Trinajstić information content (AvgIpc) is 2.44. The molecule has 0 saturated carbocycles. The van der Waals surface area contributed by atoms with Crippen LogP contribution in [-0.4, -0.2) is 16.3 Å². The van der Waals surface area contributed by atoms with Crippen molar-refractivity contribution in [2.24, 2.45) is 12.5 Å². The largest absolute Gasteiger partial charge is 0.311 e. The molecule has 1 heterocycles. The summed E-state index contributed by atoms with van der Waals surface area (Å²) in [7, 11) is 1.82. The molecule has 1 rings (SSSR count). The Bertz CT molecular complexity index is 414. The molecular formula is C11H17ClN4. The minimum absolute atomic E-state index is 0.359. The van der Waals surface area contributed by atoms with Crippen molar-refractivity contribution in [3.05, 3.63) is 16.4 Å². The van der Waals surface area contributed by atoms with Gasteiger partial charge in [-0.05, 0) is 20.8 Å². The van der Waals surface area contributed by atoms with Crippen LogP contribution in [0.5, 0.6) is 0 Å². The Labute approximate surface area is 101 Å². The molecule has 0 unspecified atom stereocenters. The zero-order valence-corrected chi connectivity index (χ0v) is 10.9. The molecule has 0 aliphatic carbocycles. The summed E-state index contributed by atoms with van der Waals surface area (Å²) in [6.07, 6.45) is 0. The minimum atomic E-state index is -0.359. The van der Waals surface area contributed by atoms with Crippen LogP contribution in [0.3, 0.4) is 0 Å². The lowest BCUT2D eigenvalue weighted by molar-refractivity contribution is 0.445. The lowest BCUT2D eigenvalue weighted by Crippen LogP contribution is -2.27. The van der Waals surface area contributed by atoms with Gasteiger partial charge < -0.3 is 5.32 Å². The van der Waals surface area contributed by atoms with E-state index >= 15 is 0 Å². The number of nitrogens with zero attached hydrogens (tertiary/aromatic N) is 3. The number of hydrogen-bond acceptors (Lipinski definition) is 3. The highest BCUT2D eigenvalue weighted by atomic mass is 35.5. The number of aryl methyl sites for hydroxylation is 2. The van der Waals surface area contributed by atoms with E-state index < -0.39 is 0 Å². The van der Waals surface area contributed by atoms with Gasteiger partial charge in [-0.15, -0.1) is 0 Å². The molecule has 0 bridgehead atoms. The van der Waals surface area contributed by atoms with Crippen molar-refractivity contribution in [3.63, 3.8) is 0 Å². The van der Waals surface area contributed by atoms with Crippen LogP contribution >= 0.6 is 11.6 Å². The summed E-state index contributed by atoms with van der Waals surface area (Å²) in [5.74, 6) is 0. The van der Waals surface area contributed by atoms with Crippen LogP contribution in [0.25, 0.3) is 0 Å². The van der Waals surface area contributed by atoms with Gasteiger partial charge in [0.2, 0.25) is 0 Å². The van der Waals surface area contributed by atoms with E-state index in [0.717, 1.165) is 11.3 Å². The van der Waals surface area contributed by atoms with Crippen molar-refractivity contribution in [2.75, 3.05) is 6.54 Å². The first-order valence-corrected chi connectivity index (χ1v) is 5.55. The molecule has 0 amide bonds. The summed E-state index contributed by atoms with van der Waals surface area (Å²) in [5.41, 5.74) is 1.57. The Balaban J connectivity index is 2.60. The normalized spacial score (nSPS) is 11.5. The maximum Gasteiger partial charge on any atom is 0.131 e. The van der Waals surface area contributed by atoms with Crippen LogP contribution in [0, 0.1) is 23.7 Å². The molecule has 0 spiro atoms. The number of nitrogens with one attached hydrogen (secondary N) is 1. The Hall–Kier alpha value is -1.05. The van der Waals surface area contributed by atoms with Crippen molar-refractivity contribution in [3.8, 4) is 6.07 Å². The van der Waals surface area contributed by atoms with Crippen molar-refractivity contribution < 1.29 is 0 Å². The first-order valence-electron chi connectivity index (χ1n) is 5.17. The maximum atomic E-state index is 8.87. The lowest BCUT2D eigenvalue weighted by atomic mass is 9.96. The van der Waals surface area contributed by atoms with Crippen LogP contribution in [0.4, 0.5) is 0 Å². The molecule has 4 nitrogen and oxygen atoms in total. The standard InChI is InChI=1S/C11H17ClN4/c1-8-9(10(12)16(4)15-8)5-14-7-11(2,3)6-13/h14H,5,7H2,1-4H3. The smallest absolute Gasteiger partial charge is 0.131 e. The topological polar surface area (TPSA) is 53.6 Å². The molecule has 0 aliphatic rings. The highest BCUT2D eigenvalue weighted by molar-refractivity contribution is 6.30. The second-order valence-corrected chi connectivity index (χ2v) is 4.94. The number of aromatic nitrogens is 2. The Morgan fingerprint density at radius 2 is 2.19 bits per heavy atom. The molecule has 0 saturated heterocycles. The summed E-state index contributed by atoms with van der Waals surface area (Å²) in [4.78, 5) is 0. The van der Waals surface area contributed by atoms with Gasteiger partial charge >= 0.3 is 0 Å². The Morgan fingerprint density at radius 3 is 2.62 bits per heavy atom. The van der Waals surface area contributed by atoms with E-state index in [4.69, 9.17) is 16.9 Å². The van der Waals surface area contributed by atoms with E-state index in [9.17, 15) is 0 Å². The van der Waals surface area contributed by atoms with Gasteiger partial charge in [-0.25, -0.2) is 0 Å². The van der Waals surface area contributed by atoms with E-state index in [1.54, 1.807) is 4.68 Å². The van der Waals surface area contributed by atoms with E-state index in [1.807, 2.05) is 27.8 Å². The second kappa shape index (κ2) is 4.86. The quantitative estimate of drug-likeness (QED) is 0.876. The van der Waals surface area contributed by atoms with Crippen molar-refractivity contribution >= 4 is 11.6 Å². The van der Waals surface area contributed by atoms with Gasteiger partial charge in [-0.1, -0.05) is 11.6 Å². The molecule has 1 aromatic heterocycles. The highest BCUT2D eigenvalue weighted by Gasteiger charge is 2.17. The zero-order chi connectivity index (χ0) is 12.3. The fourth-order valence-electron chi connectivity index (χ4n) is 1.41. The highest BCUT2D eigenvalue weighted by Crippen LogP contribution is 2.18. The van der Waals surface area contributed by atoms with Gasteiger partial charge in [0.25, 0.3) is 0 Å². The zero-order valence-electron chi connectivity index (χ0n) is 10.1. The van der Waals surface area contributed by atoms with Crippen LogP contribution < -0.4 is 5.32 Å². The van der Waals surface area contributed by atoms with Crippen LogP contribution in [0.1, 0.15) is 25.1 Å². The van der Waals surface area contributed by atoms with E-state index in [2.05, 4.69) is 16.5 Å². The maximum absolute atomic E-state index is 8.87. The van der Waals surface area contributed by atoms with E-state index in [0.29, 0.717) is 18.2 Å². The molecule has 0 fully saturated rings. The van der Waals surface area contributed by atoms with Crippen molar-refractivity contribution in [1.29, 1.82) is 5.26 Å². The minimum Gasteiger partial charge on any atom is -0.311 e. The fourth-order valence-corrected chi connectivity index (χ4v) is 1.66. The number of rotatable bonds is 4. The molecule has 88 valence electrons. The molecule has 0 aliphatic heterocycles. The average molecular weight is 241 g/mol. The molecule has 1 aromatic rings. The van der Waals surface area contributed by atoms with Gasteiger partial charge in [0.15, 0.2) is 0 Å². The molecular weight excluding hydrogens is 224 g/mol. The number of halogens is 1. The molecule has 0 radical (unpaired) electrons. The third-order valence-electron chi connectivity index (χ3n) is 2.44. The van der Waals surface area contributed by atoms with Crippen LogP contribution in [-0.2, 0) is 13.6 Å². The van der Waals surface area contributed by atoms with Crippen LogP contribution in [0.15, 0.2) is 0 Å². The second-order valence-electron chi connectivity index (χ2n) is 4.58. The molecule has 1 N–H and O–H groups in total. The van der Waals surface area contributed by atoms with Gasteiger partial charge in [0, 0.05) is 25.7 Å². The van der Waals surface area contributed by atoms with Crippen molar-refractivity contribution in [1.82, 2.24) is 15.1 Å². The van der Waals surface area contributed by atoms with Crippen molar-refractivity contribution in [2.45, 2.75) is 27.3 Å². The third kappa shape index (κ3) is 2.97. The molecule has 0 aromatic carbocycles. The van der Waals surface area contributed by atoms with Gasteiger partial charge in [-0.3, -0.25) is 4.68 Å². The summed E-state index contributed by atoms with van der Waals surface area (Å²) >= 11 is 6.09. The summed E-state index contributed by atoms with van der Waals surface area (Å²) in [6.45, 7) is 7.01.